The minimum atomic E-state index is -4.02. The van der Waals surface area contributed by atoms with Crippen LogP contribution in [0.15, 0.2) is 82.7 Å². The summed E-state index contributed by atoms with van der Waals surface area (Å²) in [6, 6.07) is 15.7. The smallest absolute Gasteiger partial charge is 0.269 e. The summed E-state index contributed by atoms with van der Waals surface area (Å²) in [5.74, 6) is 0.729. The third-order valence-corrected chi connectivity index (χ3v) is 5.98. The summed E-state index contributed by atoms with van der Waals surface area (Å²) in [6.07, 6.45) is 2.52. The lowest BCUT2D eigenvalue weighted by molar-refractivity contribution is -0.384. The number of para-hydroxylation sites is 2. The molecular formula is C22H16N3O7S-. The van der Waals surface area contributed by atoms with E-state index in [1.165, 1.54) is 18.4 Å². The van der Waals surface area contributed by atoms with Gasteiger partial charge in [0.2, 0.25) is 6.79 Å². The summed E-state index contributed by atoms with van der Waals surface area (Å²) in [7, 11) is -4.02. The summed E-state index contributed by atoms with van der Waals surface area (Å²) < 4.78 is 38.2. The minimum Gasteiger partial charge on any atom is -0.872 e. The predicted octanol–water partition coefficient (Wildman–Crippen LogP) is 3.23. The molecular weight excluding hydrogens is 450 g/mol. The number of nitrogens with zero attached hydrogens (tertiary/aromatic N) is 2. The first-order valence-corrected chi connectivity index (χ1v) is 11.0. The second-order valence-corrected chi connectivity index (χ2v) is 8.43. The Labute approximate surface area is 188 Å². The molecule has 0 amide bonds. The molecule has 1 N–H and O–H groups in total. The monoisotopic (exact) mass is 466 g/mol. The summed E-state index contributed by atoms with van der Waals surface area (Å²) in [5, 5.41) is 23.2. The van der Waals surface area contributed by atoms with E-state index in [2.05, 4.69) is 9.71 Å². The van der Waals surface area contributed by atoms with Gasteiger partial charge in [0.05, 0.1) is 21.2 Å². The number of nitro benzene ring substituents is 1. The fourth-order valence-corrected chi connectivity index (χ4v) is 4.03. The summed E-state index contributed by atoms with van der Waals surface area (Å²) in [4.78, 5) is 14.2. The molecule has 4 rings (SSSR count). The fraction of sp³-hybridized carbons (Fsp3) is 0.0455. The van der Waals surface area contributed by atoms with E-state index in [9.17, 15) is 23.6 Å². The lowest BCUT2D eigenvalue weighted by Gasteiger charge is -2.12. The Balaban J connectivity index is 1.53. The van der Waals surface area contributed by atoms with Crippen LogP contribution in [0.4, 0.5) is 17.1 Å². The third kappa shape index (κ3) is 4.93. The van der Waals surface area contributed by atoms with E-state index in [-0.39, 0.29) is 34.5 Å². The lowest BCUT2D eigenvalue weighted by atomic mass is 10.1. The zero-order chi connectivity index (χ0) is 23.4. The summed E-state index contributed by atoms with van der Waals surface area (Å²) in [5.41, 5.74) is 0.619. The van der Waals surface area contributed by atoms with Gasteiger partial charge in [0.15, 0.2) is 11.5 Å². The highest BCUT2D eigenvalue weighted by atomic mass is 32.2. The van der Waals surface area contributed by atoms with Gasteiger partial charge in [0, 0.05) is 18.3 Å². The Morgan fingerprint density at radius 2 is 1.76 bits per heavy atom. The van der Waals surface area contributed by atoms with E-state index in [4.69, 9.17) is 9.47 Å². The lowest BCUT2D eigenvalue weighted by Crippen LogP contribution is -2.13. The topological polar surface area (TPSA) is 143 Å². The molecule has 0 aliphatic carbocycles. The molecule has 0 atom stereocenters. The molecule has 11 heteroatoms. The Hall–Kier alpha value is -4.38. The molecule has 3 aromatic rings. The van der Waals surface area contributed by atoms with Crippen LogP contribution in [0.3, 0.4) is 0 Å². The van der Waals surface area contributed by atoms with Crippen LogP contribution >= 0.6 is 0 Å². The first kappa shape index (κ1) is 21.8. The molecule has 1 aliphatic rings. The molecule has 0 saturated heterocycles. The van der Waals surface area contributed by atoms with Gasteiger partial charge >= 0.3 is 0 Å². The van der Waals surface area contributed by atoms with Gasteiger partial charge < -0.3 is 14.6 Å². The van der Waals surface area contributed by atoms with Crippen LogP contribution < -0.4 is 19.3 Å². The van der Waals surface area contributed by atoms with E-state index in [0.717, 1.165) is 24.3 Å². The maximum atomic E-state index is 12.7. The normalized spacial score (nSPS) is 13.3. The predicted molar refractivity (Wildman–Crippen MR) is 119 cm³/mol. The molecule has 1 heterocycles. The van der Waals surface area contributed by atoms with Crippen LogP contribution in [-0.4, -0.2) is 26.3 Å². The number of non-ortho nitro benzene ring substituents is 1. The van der Waals surface area contributed by atoms with Gasteiger partial charge in [-0.3, -0.25) is 19.8 Å². The number of ether oxygens (including phenoxy) is 2. The van der Waals surface area contributed by atoms with Crippen molar-refractivity contribution in [1.29, 1.82) is 0 Å². The second-order valence-electron chi connectivity index (χ2n) is 6.75. The Morgan fingerprint density at radius 3 is 2.52 bits per heavy atom. The molecule has 0 aromatic heterocycles. The quantitative estimate of drug-likeness (QED) is 0.244. The number of hydrogen-bond donors (Lipinski definition) is 1. The number of aliphatic imine (C=N–C) groups is 1. The maximum absolute atomic E-state index is 12.7. The van der Waals surface area contributed by atoms with Crippen LogP contribution in [0, 0.1) is 10.1 Å². The Bertz CT molecular complexity index is 1370. The van der Waals surface area contributed by atoms with Gasteiger partial charge in [-0.15, -0.1) is 0 Å². The SMILES string of the molecule is O=[N+]([O-])c1ccc(S(=O)(=O)Nc2ccccc2N=CC=C([O-])c2ccc3c(c2)OCO3)cc1. The van der Waals surface area contributed by atoms with Gasteiger partial charge in [-0.05, 0) is 42.0 Å². The van der Waals surface area contributed by atoms with Crippen molar-refractivity contribution in [2.45, 2.75) is 4.90 Å². The number of rotatable bonds is 7. The minimum absolute atomic E-state index is 0.102. The van der Waals surface area contributed by atoms with Gasteiger partial charge in [-0.1, -0.05) is 30.0 Å². The first-order chi connectivity index (χ1) is 15.8. The van der Waals surface area contributed by atoms with Gasteiger partial charge in [-0.2, -0.15) is 0 Å². The van der Waals surface area contributed by atoms with Crippen molar-refractivity contribution >= 4 is 39.1 Å². The van der Waals surface area contributed by atoms with Crippen molar-refractivity contribution in [3.05, 3.63) is 88.5 Å². The highest BCUT2D eigenvalue weighted by Crippen LogP contribution is 2.33. The number of nitrogens with one attached hydrogen (secondary N) is 1. The Kier molecular flexibility index (Phi) is 5.96. The van der Waals surface area contributed by atoms with Crippen molar-refractivity contribution in [1.82, 2.24) is 0 Å². The van der Waals surface area contributed by atoms with Gasteiger partial charge in [-0.25, -0.2) is 8.42 Å². The summed E-state index contributed by atoms with van der Waals surface area (Å²) >= 11 is 0. The highest BCUT2D eigenvalue weighted by Gasteiger charge is 2.17. The number of anilines is 1. The average molecular weight is 466 g/mol. The molecule has 0 fully saturated rings. The second kappa shape index (κ2) is 9.01. The largest absolute Gasteiger partial charge is 0.872 e. The van der Waals surface area contributed by atoms with E-state index in [1.54, 1.807) is 36.4 Å². The highest BCUT2D eigenvalue weighted by molar-refractivity contribution is 7.92. The molecule has 0 unspecified atom stereocenters. The number of benzene rings is 3. The molecule has 168 valence electrons. The van der Waals surface area contributed by atoms with E-state index >= 15 is 0 Å². The van der Waals surface area contributed by atoms with Crippen LogP contribution in [0.25, 0.3) is 5.76 Å². The Morgan fingerprint density at radius 1 is 1.03 bits per heavy atom. The summed E-state index contributed by atoms with van der Waals surface area (Å²) in [6.45, 7) is 0.102. The van der Waals surface area contributed by atoms with Crippen LogP contribution in [0.2, 0.25) is 0 Å². The molecule has 1 aliphatic heterocycles. The fourth-order valence-electron chi connectivity index (χ4n) is 2.95. The van der Waals surface area contributed by atoms with Crippen LogP contribution in [-0.2, 0) is 10.0 Å². The van der Waals surface area contributed by atoms with Crippen molar-refractivity contribution < 1.29 is 27.9 Å². The van der Waals surface area contributed by atoms with Crippen molar-refractivity contribution in [3.63, 3.8) is 0 Å². The van der Waals surface area contributed by atoms with E-state index in [0.29, 0.717) is 17.1 Å². The van der Waals surface area contributed by atoms with Gasteiger partial charge in [0.1, 0.15) is 0 Å². The van der Waals surface area contributed by atoms with Gasteiger partial charge in [0.25, 0.3) is 15.7 Å². The van der Waals surface area contributed by atoms with Crippen LogP contribution in [0.5, 0.6) is 11.5 Å². The standard InChI is InChI=1S/C22H17N3O7S/c26-20(15-5-10-21-22(13-15)32-14-31-21)11-12-23-18-3-1-2-4-19(18)24-33(29,30)17-8-6-16(7-9-17)25(27)28/h1-13,24,26H,14H2/p-1. The zero-order valence-electron chi connectivity index (χ0n) is 16.9. The molecule has 0 bridgehead atoms. The van der Waals surface area contributed by atoms with E-state index in [1.807, 2.05) is 0 Å². The average Bonchev–Trinajstić information content (AvgIpc) is 3.28. The van der Waals surface area contributed by atoms with E-state index < -0.39 is 14.9 Å². The number of nitro groups is 1. The number of hydrogen-bond acceptors (Lipinski definition) is 8. The molecule has 0 saturated carbocycles. The first-order valence-electron chi connectivity index (χ1n) is 9.51. The van der Waals surface area contributed by atoms with Crippen LogP contribution in [0.1, 0.15) is 5.56 Å². The number of allylic oxidation sites excluding steroid dienone is 1. The molecule has 33 heavy (non-hydrogen) atoms. The number of sulfonamides is 1. The number of fused-ring (bicyclic) bond motifs is 1. The molecule has 3 aromatic carbocycles. The molecule has 0 radical (unpaired) electrons. The van der Waals surface area contributed by atoms with Crippen molar-refractivity contribution in [3.8, 4) is 11.5 Å². The maximum Gasteiger partial charge on any atom is 0.269 e. The van der Waals surface area contributed by atoms with Crippen molar-refractivity contribution in [2.75, 3.05) is 11.5 Å². The van der Waals surface area contributed by atoms with Crippen molar-refractivity contribution in [2.24, 2.45) is 4.99 Å². The molecule has 0 spiro atoms. The third-order valence-electron chi connectivity index (χ3n) is 4.60. The molecule has 10 nitrogen and oxygen atoms in total. The zero-order valence-corrected chi connectivity index (χ0v) is 17.7.